The molecule has 2 unspecified atom stereocenters. The molecule has 0 aromatic carbocycles. The monoisotopic (exact) mass is 664 g/mol. The molecule has 2 saturated carbocycles. The SMILES string of the molecule is C[C@@H]1CN(CC2(COc3nc(N(C)CC4(N(C)C)CCC4)c4cnc(C5=CC(F)=C(F)C6SC(N)=C(C#N)C56)cc4n3)CC2)CCO1. The lowest BCUT2D eigenvalue weighted by molar-refractivity contribution is -0.0273. The van der Waals surface area contributed by atoms with Crippen molar-refractivity contribution in [3.63, 3.8) is 0 Å². The third-order valence-corrected chi connectivity index (χ3v) is 11.9. The van der Waals surface area contributed by atoms with E-state index in [0.717, 1.165) is 81.7 Å². The van der Waals surface area contributed by atoms with E-state index in [4.69, 9.17) is 30.2 Å². The van der Waals surface area contributed by atoms with E-state index in [1.165, 1.54) is 6.42 Å². The third-order valence-electron chi connectivity index (χ3n) is 10.7. The molecule has 7 rings (SSSR count). The normalized spacial score (nSPS) is 26.6. The van der Waals surface area contributed by atoms with Gasteiger partial charge in [0.2, 0.25) is 0 Å². The number of fused-ring (bicyclic) bond motifs is 2. The van der Waals surface area contributed by atoms with Crippen LogP contribution in [-0.4, -0.2) is 102 Å². The van der Waals surface area contributed by atoms with E-state index in [0.29, 0.717) is 29.2 Å². The molecular formula is C34H42F2N8O2S. The molecule has 10 nitrogen and oxygen atoms in total. The van der Waals surface area contributed by atoms with Gasteiger partial charge in [-0.2, -0.15) is 15.2 Å². The quantitative estimate of drug-likeness (QED) is 0.378. The summed E-state index contributed by atoms with van der Waals surface area (Å²) in [5.41, 5.74) is 7.80. The molecule has 2 aromatic rings. The number of morpholine rings is 1. The molecule has 2 N–H and O–H groups in total. The molecule has 1 saturated heterocycles. The van der Waals surface area contributed by atoms with E-state index in [1.54, 1.807) is 12.3 Å². The minimum atomic E-state index is -0.978. The minimum Gasteiger partial charge on any atom is -0.463 e. The number of allylic oxidation sites excluding steroid dienone is 4. The third kappa shape index (κ3) is 5.98. The number of aromatic nitrogens is 3. The smallest absolute Gasteiger partial charge is 0.318 e. The molecule has 0 radical (unpaired) electrons. The lowest BCUT2D eigenvalue weighted by Gasteiger charge is -2.49. The Morgan fingerprint density at radius 1 is 1.21 bits per heavy atom. The summed E-state index contributed by atoms with van der Waals surface area (Å²) >= 11 is 0.974. The van der Waals surface area contributed by atoms with Crippen LogP contribution in [0.1, 0.15) is 44.7 Å². The zero-order valence-electron chi connectivity index (χ0n) is 27.4. The average Bonchev–Trinajstić information content (AvgIpc) is 3.70. The van der Waals surface area contributed by atoms with Crippen LogP contribution < -0.4 is 15.4 Å². The molecule has 0 spiro atoms. The van der Waals surface area contributed by atoms with Crippen LogP contribution in [0.5, 0.6) is 6.01 Å². The molecule has 2 aliphatic heterocycles. The maximum atomic E-state index is 14.9. The Morgan fingerprint density at radius 3 is 2.66 bits per heavy atom. The summed E-state index contributed by atoms with van der Waals surface area (Å²) in [5.74, 6) is -1.93. The number of rotatable bonds is 10. The van der Waals surface area contributed by atoms with Gasteiger partial charge in [-0.15, -0.1) is 0 Å². The summed E-state index contributed by atoms with van der Waals surface area (Å²) in [4.78, 5) is 21.4. The summed E-state index contributed by atoms with van der Waals surface area (Å²) < 4.78 is 42.0. The summed E-state index contributed by atoms with van der Waals surface area (Å²) in [6, 6.07) is 4.16. The minimum absolute atomic E-state index is 0.0454. The Morgan fingerprint density at radius 2 is 2.00 bits per heavy atom. The first kappa shape index (κ1) is 32.2. The van der Waals surface area contributed by atoms with E-state index < -0.39 is 22.8 Å². The Kier molecular flexibility index (Phi) is 8.43. The molecule has 47 heavy (non-hydrogen) atoms. The second-order valence-corrected chi connectivity index (χ2v) is 15.3. The first-order valence-corrected chi connectivity index (χ1v) is 17.3. The van der Waals surface area contributed by atoms with Crippen LogP contribution in [-0.2, 0) is 4.74 Å². The van der Waals surface area contributed by atoms with Crippen molar-refractivity contribution in [2.24, 2.45) is 17.1 Å². The van der Waals surface area contributed by atoms with Crippen molar-refractivity contribution in [2.75, 3.05) is 65.4 Å². The van der Waals surface area contributed by atoms with E-state index >= 15 is 0 Å². The second kappa shape index (κ2) is 12.3. The fraction of sp³-hybridized carbons (Fsp3) is 0.588. The van der Waals surface area contributed by atoms with Crippen LogP contribution in [0.15, 0.2) is 40.6 Å². The molecule has 13 heteroatoms. The fourth-order valence-corrected chi connectivity index (χ4v) is 8.69. The van der Waals surface area contributed by atoms with Crippen LogP contribution in [0.25, 0.3) is 16.5 Å². The van der Waals surface area contributed by atoms with Gasteiger partial charge < -0.3 is 25.0 Å². The summed E-state index contributed by atoms with van der Waals surface area (Å²) in [6.07, 6.45) is 8.60. The number of nitrogens with zero attached hydrogens (tertiary/aromatic N) is 7. The van der Waals surface area contributed by atoms with E-state index in [-0.39, 0.29) is 33.7 Å². The molecule has 0 amide bonds. The lowest BCUT2D eigenvalue weighted by atomic mass is 9.75. The number of anilines is 1. The summed E-state index contributed by atoms with van der Waals surface area (Å²) in [7, 11) is 6.28. The number of nitriles is 1. The van der Waals surface area contributed by atoms with Gasteiger partial charge in [0.15, 0.2) is 5.83 Å². The second-order valence-electron chi connectivity index (χ2n) is 14.2. The largest absolute Gasteiger partial charge is 0.463 e. The molecule has 2 aromatic heterocycles. The molecule has 3 atom stereocenters. The van der Waals surface area contributed by atoms with Crippen LogP contribution in [0, 0.1) is 22.7 Å². The highest BCUT2D eigenvalue weighted by molar-refractivity contribution is 8.04. The zero-order valence-corrected chi connectivity index (χ0v) is 28.2. The van der Waals surface area contributed by atoms with E-state index in [2.05, 4.69) is 41.8 Å². The molecule has 5 aliphatic rings. The highest BCUT2D eigenvalue weighted by Gasteiger charge is 2.47. The fourth-order valence-electron chi connectivity index (χ4n) is 7.48. The molecule has 3 aliphatic carbocycles. The van der Waals surface area contributed by atoms with Crippen molar-refractivity contribution in [3.05, 3.63) is 46.3 Å². The number of nitrogens with two attached hydrogens (primary N) is 1. The van der Waals surface area contributed by atoms with Crippen molar-refractivity contribution in [1.29, 1.82) is 5.26 Å². The van der Waals surface area contributed by atoms with Gasteiger partial charge in [0, 0.05) is 56.3 Å². The zero-order chi connectivity index (χ0) is 33.1. The van der Waals surface area contributed by atoms with Gasteiger partial charge in [-0.3, -0.25) is 9.88 Å². The van der Waals surface area contributed by atoms with Crippen LogP contribution in [0.2, 0.25) is 0 Å². The highest BCUT2D eigenvalue weighted by Crippen LogP contribution is 2.53. The van der Waals surface area contributed by atoms with Gasteiger partial charge in [0.05, 0.1) is 57.8 Å². The lowest BCUT2D eigenvalue weighted by Crippen LogP contribution is -2.56. The van der Waals surface area contributed by atoms with Crippen molar-refractivity contribution in [3.8, 4) is 12.1 Å². The summed E-state index contributed by atoms with van der Waals surface area (Å²) in [5, 5.41) is 9.85. The Labute approximate surface area is 278 Å². The standard InChI is InChI=1S/C34H42F2N8O2S/c1-20-16-44(10-11-45-20)17-33(8-9-33)19-46-32-40-26-13-25(21-12-24(35)28(36)29-27(21)22(14-37)30(38)47-29)39-15-23(26)31(41-32)43(4)18-34(42(2)3)6-5-7-34/h12-13,15,20,27,29H,5-11,16-19,38H2,1-4H3/t20-,27?,29?/m1/s1. The van der Waals surface area contributed by atoms with Crippen molar-refractivity contribution >= 4 is 34.1 Å². The van der Waals surface area contributed by atoms with Crippen molar-refractivity contribution < 1.29 is 18.3 Å². The Hall–Kier alpha value is -3.31. The molecule has 4 heterocycles. The van der Waals surface area contributed by atoms with Crippen molar-refractivity contribution in [1.82, 2.24) is 24.8 Å². The predicted molar refractivity (Wildman–Crippen MR) is 179 cm³/mol. The molecule has 250 valence electrons. The number of likely N-dealkylation sites (N-methyl/N-ethyl adjacent to an activating group) is 2. The highest BCUT2D eigenvalue weighted by atomic mass is 32.2. The number of hydrogen-bond acceptors (Lipinski definition) is 11. The Balaban J connectivity index is 1.23. The number of halogens is 2. The number of thioether (sulfide) groups is 1. The maximum Gasteiger partial charge on any atom is 0.318 e. The number of pyridine rings is 1. The van der Waals surface area contributed by atoms with Gasteiger partial charge in [-0.05, 0) is 70.8 Å². The van der Waals surface area contributed by atoms with Crippen LogP contribution in [0.3, 0.4) is 0 Å². The average molecular weight is 665 g/mol. The first-order chi connectivity index (χ1) is 22.5. The topological polar surface area (TPSA) is 117 Å². The Bertz CT molecular complexity index is 1710. The molecular weight excluding hydrogens is 622 g/mol. The molecule has 0 bridgehead atoms. The van der Waals surface area contributed by atoms with E-state index in [1.807, 2.05) is 7.05 Å². The van der Waals surface area contributed by atoms with Gasteiger partial charge in [0.1, 0.15) is 11.6 Å². The van der Waals surface area contributed by atoms with Gasteiger partial charge in [0.25, 0.3) is 0 Å². The van der Waals surface area contributed by atoms with Crippen LogP contribution >= 0.6 is 11.8 Å². The first-order valence-electron chi connectivity index (χ1n) is 16.4. The van der Waals surface area contributed by atoms with Gasteiger partial charge >= 0.3 is 6.01 Å². The van der Waals surface area contributed by atoms with E-state index in [9.17, 15) is 14.0 Å². The van der Waals surface area contributed by atoms with Crippen LogP contribution in [0.4, 0.5) is 14.6 Å². The molecule has 3 fully saturated rings. The summed E-state index contributed by atoms with van der Waals surface area (Å²) in [6.45, 7) is 6.90. The predicted octanol–water partition coefficient (Wildman–Crippen LogP) is 4.80. The van der Waals surface area contributed by atoms with Gasteiger partial charge in [-0.25, -0.2) is 8.78 Å². The van der Waals surface area contributed by atoms with Gasteiger partial charge in [-0.1, -0.05) is 11.8 Å². The maximum absolute atomic E-state index is 14.9. The number of ether oxygens (including phenoxy) is 2. The van der Waals surface area contributed by atoms with Crippen molar-refractivity contribution in [2.45, 2.75) is 55.9 Å². The number of hydrogen-bond donors (Lipinski definition) is 1.